The molecule has 1 fully saturated rings. The van der Waals surface area contributed by atoms with Crippen LogP contribution in [0.1, 0.15) is 44.7 Å². The molecule has 0 unspecified atom stereocenters. The molecule has 3 nitrogen and oxygen atoms in total. The zero-order chi connectivity index (χ0) is 12.3. The highest BCUT2D eigenvalue weighted by Gasteiger charge is 2.39. The number of halogens is 1. The van der Waals surface area contributed by atoms with Gasteiger partial charge in [-0.15, -0.1) is 22.9 Å². The van der Waals surface area contributed by atoms with Gasteiger partial charge in [-0.25, -0.2) is 4.98 Å². The minimum absolute atomic E-state index is 0.132. The molecule has 0 bridgehead atoms. The molecule has 0 saturated heterocycles. The van der Waals surface area contributed by atoms with E-state index in [-0.39, 0.29) is 11.3 Å². The summed E-state index contributed by atoms with van der Waals surface area (Å²) in [4.78, 5) is 16.5. The van der Waals surface area contributed by atoms with Crippen LogP contribution in [0.5, 0.6) is 0 Å². The van der Waals surface area contributed by atoms with E-state index in [1.54, 1.807) is 0 Å². The summed E-state index contributed by atoms with van der Waals surface area (Å²) < 4.78 is 0. The van der Waals surface area contributed by atoms with Crippen LogP contribution in [-0.2, 0) is 10.7 Å². The number of carbonyl (C=O) groups excluding carboxylic acids is 1. The van der Waals surface area contributed by atoms with Gasteiger partial charge < -0.3 is 5.32 Å². The van der Waals surface area contributed by atoms with Gasteiger partial charge in [0.2, 0.25) is 5.91 Å². The van der Waals surface area contributed by atoms with Gasteiger partial charge in [0.25, 0.3) is 0 Å². The van der Waals surface area contributed by atoms with E-state index in [2.05, 4.69) is 17.2 Å². The number of amides is 1. The van der Waals surface area contributed by atoms with Crippen molar-refractivity contribution >= 4 is 34.0 Å². The number of hydrogen-bond donors (Lipinski definition) is 1. The molecular weight excluding hydrogens is 256 g/mol. The molecular formula is C12H17ClN2OS. The number of anilines is 1. The predicted octanol–water partition coefficient (Wildman–Crippen LogP) is 3.79. The summed E-state index contributed by atoms with van der Waals surface area (Å²) in [5.41, 5.74) is 0.663. The van der Waals surface area contributed by atoms with Crippen LogP contribution < -0.4 is 5.32 Å². The summed E-state index contributed by atoms with van der Waals surface area (Å²) in [5.74, 6) is 0.527. The van der Waals surface area contributed by atoms with E-state index in [1.165, 1.54) is 11.3 Å². The van der Waals surface area contributed by atoms with Gasteiger partial charge in [0.1, 0.15) is 0 Å². The van der Waals surface area contributed by atoms with Gasteiger partial charge >= 0.3 is 0 Å². The maximum atomic E-state index is 12.3. The molecule has 1 aromatic rings. The van der Waals surface area contributed by atoms with Gasteiger partial charge in [-0.3, -0.25) is 4.79 Å². The van der Waals surface area contributed by atoms with E-state index < -0.39 is 0 Å². The zero-order valence-corrected chi connectivity index (χ0v) is 11.5. The average molecular weight is 273 g/mol. The molecule has 1 heterocycles. The lowest BCUT2D eigenvalue weighted by Crippen LogP contribution is -2.33. The molecule has 1 aromatic heterocycles. The first kappa shape index (κ1) is 12.8. The van der Waals surface area contributed by atoms with Crippen molar-refractivity contribution < 1.29 is 4.79 Å². The fraction of sp³-hybridized carbons (Fsp3) is 0.667. The first-order chi connectivity index (χ1) is 8.20. The highest BCUT2D eigenvalue weighted by atomic mass is 35.5. The van der Waals surface area contributed by atoms with Crippen LogP contribution in [0.3, 0.4) is 0 Å². The van der Waals surface area contributed by atoms with E-state index in [0.717, 1.165) is 37.8 Å². The Morgan fingerprint density at radius 3 is 2.82 bits per heavy atom. The van der Waals surface area contributed by atoms with Gasteiger partial charge in [0, 0.05) is 10.8 Å². The zero-order valence-electron chi connectivity index (χ0n) is 9.96. The Labute approximate surface area is 111 Å². The van der Waals surface area contributed by atoms with Crippen molar-refractivity contribution in [1.29, 1.82) is 0 Å². The molecule has 1 amide bonds. The van der Waals surface area contributed by atoms with Gasteiger partial charge in [0.15, 0.2) is 5.13 Å². The van der Waals surface area contributed by atoms with Crippen LogP contribution in [-0.4, -0.2) is 10.9 Å². The molecule has 0 radical (unpaired) electrons. The maximum absolute atomic E-state index is 12.3. The number of rotatable bonds is 4. The molecule has 94 valence electrons. The Hall–Kier alpha value is -0.610. The second-order valence-corrected chi connectivity index (χ2v) is 5.70. The van der Waals surface area contributed by atoms with Crippen LogP contribution in [0.15, 0.2) is 5.38 Å². The second-order valence-electron chi connectivity index (χ2n) is 4.57. The van der Waals surface area contributed by atoms with Crippen LogP contribution in [0.4, 0.5) is 5.13 Å². The van der Waals surface area contributed by atoms with E-state index in [1.807, 2.05) is 5.38 Å². The third-order valence-electron chi connectivity index (χ3n) is 3.63. The number of thiazole rings is 1. The Bertz CT molecular complexity index is 399. The number of carbonyl (C=O) groups is 1. The molecule has 0 spiro atoms. The molecule has 17 heavy (non-hydrogen) atoms. The Balaban J connectivity index is 2.05. The van der Waals surface area contributed by atoms with Crippen molar-refractivity contribution in [2.45, 2.75) is 44.9 Å². The summed E-state index contributed by atoms with van der Waals surface area (Å²) in [7, 11) is 0. The van der Waals surface area contributed by atoms with Crippen LogP contribution in [0.2, 0.25) is 0 Å². The van der Waals surface area contributed by atoms with Crippen LogP contribution in [0.25, 0.3) is 0 Å². The molecule has 0 aromatic carbocycles. The first-order valence-electron chi connectivity index (χ1n) is 6.02. The number of alkyl halides is 1. The van der Waals surface area contributed by atoms with Crippen LogP contribution >= 0.6 is 22.9 Å². The van der Waals surface area contributed by atoms with Crippen molar-refractivity contribution in [2.24, 2.45) is 5.41 Å². The van der Waals surface area contributed by atoms with E-state index in [4.69, 9.17) is 11.6 Å². The topological polar surface area (TPSA) is 42.0 Å². The average Bonchev–Trinajstić information content (AvgIpc) is 2.97. The number of nitrogens with zero attached hydrogens (tertiary/aromatic N) is 1. The normalized spacial score (nSPS) is 18.2. The van der Waals surface area contributed by atoms with Crippen molar-refractivity contribution in [3.05, 3.63) is 11.1 Å². The van der Waals surface area contributed by atoms with E-state index in [0.29, 0.717) is 11.0 Å². The molecule has 1 N–H and O–H groups in total. The largest absolute Gasteiger partial charge is 0.301 e. The molecule has 5 heteroatoms. The van der Waals surface area contributed by atoms with Crippen molar-refractivity contribution in [2.75, 3.05) is 5.32 Å². The fourth-order valence-corrected chi connectivity index (χ4v) is 3.38. The molecule has 2 rings (SSSR count). The second kappa shape index (κ2) is 5.36. The minimum Gasteiger partial charge on any atom is -0.301 e. The highest BCUT2D eigenvalue weighted by molar-refractivity contribution is 7.14. The van der Waals surface area contributed by atoms with Crippen LogP contribution in [0, 0.1) is 5.41 Å². The van der Waals surface area contributed by atoms with Crippen molar-refractivity contribution in [3.63, 3.8) is 0 Å². The smallest absolute Gasteiger partial charge is 0.232 e. The fourth-order valence-electron chi connectivity index (χ4n) is 2.45. The quantitative estimate of drug-likeness (QED) is 0.848. The number of hydrogen-bond acceptors (Lipinski definition) is 3. The molecule has 1 aliphatic rings. The minimum atomic E-state index is -0.160. The molecule has 1 aliphatic carbocycles. The summed E-state index contributed by atoms with van der Waals surface area (Å²) >= 11 is 7.13. The summed E-state index contributed by atoms with van der Waals surface area (Å²) in [6.45, 7) is 2.09. The lowest BCUT2D eigenvalue weighted by molar-refractivity contribution is -0.125. The maximum Gasteiger partial charge on any atom is 0.232 e. The summed E-state index contributed by atoms with van der Waals surface area (Å²) in [6.07, 6.45) is 5.23. The van der Waals surface area contributed by atoms with E-state index in [9.17, 15) is 4.79 Å². The predicted molar refractivity (Wildman–Crippen MR) is 71.5 cm³/mol. The summed E-state index contributed by atoms with van der Waals surface area (Å²) in [6, 6.07) is 0. The molecule has 1 saturated carbocycles. The SMILES string of the molecule is CCC1(C(=O)Nc2nc(CCl)cs2)CCCC1. The monoisotopic (exact) mass is 272 g/mol. The third kappa shape index (κ3) is 2.63. The number of nitrogens with one attached hydrogen (secondary N) is 1. The van der Waals surface area contributed by atoms with Crippen molar-refractivity contribution in [3.8, 4) is 0 Å². The molecule has 0 atom stereocenters. The first-order valence-corrected chi connectivity index (χ1v) is 7.43. The third-order valence-corrected chi connectivity index (χ3v) is 4.71. The standard InChI is InChI=1S/C12H17ClN2OS/c1-2-12(5-3-4-6-12)10(16)15-11-14-9(7-13)8-17-11/h8H,2-7H2,1H3,(H,14,15,16). The summed E-state index contributed by atoms with van der Waals surface area (Å²) in [5, 5.41) is 5.50. The van der Waals surface area contributed by atoms with Gasteiger partial charge in [-0.2, -0.15) is 0 Å². The van der Waals surface area contributed by atoms with E-state index >= 15 is 0 Å². The van der Waals surface area contributed by atoms with Crippen molar-refractivity contribution in [1.82, 2.24) is 4.98 Å². The lowest BCUT2D eigenvalue weighted by atomic mass is 9.82. The highest BCUT2D eigenvalue weighted by Crippen LogP contribution is 2.41. The van der Waals surface area contributed by atoms with Gasteiger partial charge in [0.05, 0.1) is 11.6 Å². The Morgan fingerprint density at radius 1 is 1.59 bits per heavy atom. The molecule has 0 aliphatic heterocycles. The number of aromatic nitrogens is 1. The lowest BCUT2D eigenvalue weighted by Gasteiger charge is -2.25. The van der Waals surface area contributed by atoms with Gasteiger partial charge in [-0.05, 0) is 19.3 Å². The Morgan fingerprint density at radius 2 is 2.29 bits per heavy atom. The Kier molecular flexibility index (Phi) is 4.05. The van der Waals surface area contributed by atoms with Gasteiger partial charge in [-0.1, -0.05) is 19.8 Å².